The number of thioether (sulfide) groups is 1. The molecule has 0 fully saturated rings. The fourth-order valence-electron chi connectivity index (χ4n) is 3.33. The molecule has 2 heterocycles. The molecule has 158 valence electrons. The summed E-state index contributed by atoms with van der Waals surface area (Å²) in [5, 5.41) is 13.5. The van der Waals surface area contributed by atoms with E-state index in [1.54, 1.807) is 12.1 Å². The summed E-state index contributed by atoms with van der Waals surface area (Å²) >= 11 is 1.43. The van der Waals surface area contributed by atoms with Crippen LogP contribution in [0.1, 0.15) is 11.5 Å². The first kappa shape index (κ1) is 20.1. The van der Waals surface area contributed by atoms with Crippen LogP contribution < -0.4 is 0 Å². The normalized spacial score (nSPS) is 11.1. The van der Waals surface area contributed by atoms with Gasteiger partial charge in [0.05, 0.1) is 5.75 Å². The zero-order valence-electron chi connectivity index (χ0n) is 17.1. The van der Waals surface area contributed by atoms with Crippen molar-refractivity contribution >= 4 is 11.8 Å². The van der Waals surface area contributed by atoms with Crippen LogP contribution in [0.15, 0.2) is 88.5 Å². The predicted molar refractivity (Wildman–Crippen MR) is 121 cm³/mol. The van der Waals surface area contributed by atoms with Gasteiger partial charge in [-0.15, -0.1) is 10.2 Å². The Morgan fingerprint density at radius 2 is 1.66 bits per heavy atom. The summed E-state index contributed by atoms with van der Waals surface area (Å²) in [7, 11) is 0. The molecule has 6 nitrogen and oxygen atoms in total. The molecule has 0 saturated carbocycles. The van der Waals surface area contributed by atoms with Crippen LogP contribution in [-0.2, 0) is 5.75 Å². The highest BCUT2D eigenvalue weighted by atomic mass is 32.2. The van der Waals surface area contributed by atoms with E-state index in [1.165, 1.54) is 23.9 Å². The van der Waals surface area contributed by atoms with Crippen molar-refractivity contribution in [1.29, 1.82) is 0 Å². The molecule has 5 rings (SSSR count). The zero-order valence-corrected chi connectivity index (χ0v) is 18.0. The van der Waals surface area contributed by atoms with E-state index in [4.69, 9.17) is 4.52 Å². The van der Waals surface area contributed by atoms with Crippen molar-refractivity contribution in [3.05, 3.63) is 96.1 Å². The number of aromatic nitrogens is 5. The van der Waals surface area contributed by atoms with Crippen LogP contribution in [0.2, 0.25) is 0 Å². The second-order valence-electron chi connectivity index (χ2n) is 7.10. The van der Waals surface area contributed by atoms with Gasteiger partial charge >= 0.3 is 0 Å². The topological polar surface area (TPSA) is 69.6 Å². The molecular formula is C24H18FN5OS. The summed E-state index contributed by atoms with van der Waals surface area (Å²) in [6.45, 7) is 2.01. The van der Waals surface area contributed by atoms with Crippen LogP contribution in [0, 0.1) is 12.7 Å². The molecule has 0 N–H and O–H groups in total. The van der Waals surface area contributed by atoms with E-state index in [-0.39, 0.29) is 5.82 Å². The maximum atomic E-state index is 13.5. The van der Waals surface area contributed by atoms with Gasteiger partial charge in [0, 0.05) is 16.8 Å². The smallest absolute Gasteiger partial charge is 0.237 e. The average Bonchev–Trinajstić information content (AvgIpc) is 3.46. The summed E-state index contributed by atoms with van der Waals surface area (Å²) in [6, 6.07) is 23.9. The fraction of sp³-hybridized carbons (Fsp3) is 0.0833. The van der Waals surface area contributed by atoms with Gasteiger partial charge in [0.25, 0.3) is 0 Å². The molecule has 3 aromatic carbocycles. The molecule has 0 atom stereocenters. The maximum Gasteiger partial charge on any atom is 0.237 e. The molecule has 0 unspecified atom stereocenters. The van der Waals surface area contributed by atoms with Crippen molar-refractivity contribution in [3.63, 3.8) is 0 Å². The van der Waals surface area contributed by atoms with E-state index in [9.17, 15) is 4.39 Å². The molecule has 5 aromatic rings. The minimum Gasteiger partial charge on any atom is -0.338 e. The van der Waals surface area contributed by atoms with Gasteiger partial charge in [-0.2, -0.15) is 4.98 Å². The van der Waals surface area contributed by atoms with Gasteiger partial charge < -0.3 is 4.52 Å². The van der Waals surface area contributed by atoms with Crippen LogP contribution in [0.25, 0.3) is 28.5 Å². The van der Waals surface area contributed by atoms with Crippen LogP contribution >= 0.6 is 11.8 Å². The number of halogens is 1. The van der Waals surface area contributed by atoms with Crippen LogP contribution in [0.5, 0.6) is 0 Å². The summed E-state index contributed by atoms with van der Waals surface area (Å²) < 4.78 is 20.9. The number of rotatable bonds is 6. The van der Waals surface area contributed by atoms with Gasteiger partial charge in [0.2, 0.25) is 11.7 Å². The second-order valence-corrected chi connectivity index (χ2v) is 8.04. The summed E-state index contributed by atoms with van der Waals surface area (Å²) in [4.78, 5) is 4.53. The zero-order chi connectivity index (χ0) is 21.9. The number of hydrogen-bond donors (Lipinski definition) is 0. The second kappa shape index (κ2) is 8.76. The molecule has 0 aliphatic heterocycles. The number of aryl methyl sites for hydroxylation is 1. The minimum absolute atomic E-state index is 0.299. The van der Waals surface area contributed by atoms with Crippen molar-refractivity contribution in [2.45, 2.75) is 17.8 Å². The standard InChI is InChI=1S/C24H18FN5OS/c1-16-7-5-6-10-20(16)22-26-21(31-29-22)15-32-24-28-27-23(17-8-3-2-4-9-17)30(24)19-13-11-18(25)12-14-19/h2-14H,15H2,1H3. The van der Waals surface area contributed by atoms with Gasteiger partial charge in [-0.1, -0.05) is 71.5 Å². The predicted octanol–water partition coefficient (Wildman–Crippen LogP) is 5.72. The lowest BCUT2D eigenvalue weighted by molar-refractivity contribution is 0.391. The van der Waals surface area contributed by atoms with E-state index in [2.05, 4.69) is 20.3 Å². The Hall–Kier alpha value is -3.78. The van der Waals surface area contributed by atoms with E-state index in [0.717, 1.165) is 22.4 Å². The largest absolute Gasteiger partial charge is 0.338 e. The molecular weight excluding hydrogens is 425 g/mol. The third-order valence-corrected chi connectivity index (χ3v) is 5.84. The average molecular weight is 444 g/mol. The van der Waals surface area contributed by atoms with E-state index >= 15 is 0 Å². The number of nitrogens with zero attached hydrogens (tertiary/aromatic N) is 5. The van der Waals surface area contributed by atoms with Gasteiger partial charge in [-0.3, -0.25) is 4.57 Å². The van der Waals surface area contributed by atoms with Crippen molar-refractivity contribution in [2.24, 2.45) is 0 Å². The van der Waals surface area contributed by atoms with Gasteiger partial charge in [-0.25, -0.2) is 4.39 Å². The summed E-state index contributed by atoms with van der Waals surface area (Å²) in [5.74, 6) is 1.84. The third-order valence-electron chi connectivity index (χ3n) is 4.93. The quantitative estimate of drug-likeness (QED) is 0.313. The molecule has 0 radical (unpaired) electrons. The first-order valence-electron chi connectivity index (χ1n) is 9.97. The van der Waals surface area contributed by atoms with Gasteiger partial charge in [0.15, 0.2) is 11.0 Å². The van der Waals surface area contributed by atoms with Crippen molar-refractivity contribution in [2.75, 3.05) is 0 Å². The Kier molecular flexibility index (Phi) is 5.51. The third kappa shape index (κ3) is 4.04. The molecule has 0 aliphatic carbocycles. The van der Waals surface area contributed by atoms with E-state index < -0.39 is 0 Å². The van der Waals surface area contributed by atoms with E-state index in [1.807, 2.05) is 66.1 Å². The van der Waals surface area contributed by atoms with Crippen LogP contribution in [0.3, 0.4) is 0 Å². The lowest BCUT2D eigenvalue weighted by atomic mass is 10.1. The molecule has 0 aliphatic rings. The number of benzene rings is 3. The van der Waals surface area contributed by atoms with Crippen molar-refractivity contribution in [1.82, 2.24) is 24.9 Å². The van der Waals surface area contributed by atoms with Crippen LogP contribution in [0.4, 0.5) is 4.39 Å². The summed E-state index contributed by atoms with van der Waals surface area (Å²) in [6.07, 6.45) is 0. The highest BCUT2D eigenvalue weighted by Gasteiger charge is 2.18. The molecule has 0 bridgehead atoms. The van der Waals surface area contributed by atoms with Crippen molar-refractivity contribution < 1.29 is 8.91 Å². The Labute approximate surface area is 188 Å². The highest BCUT2D eigenvalue weighted by Crippen LogP contribution is 2.30. The Morgan fingerprint density at radius 3 is 2.44 bits per heavy atom. The Bertz CT molecular complexity index is 1350. The molecule has 2 aromatic heterocycles. The van der Waals surface area contributed by atoms with Crippen LogP contribution in [-0.4, -0.2) is 24.9 Å². The Balaban J connectivity index is 1.45. The number of hydrogen-bond acceptors (Lipinski definition) is 6. The SMILES string of the molecule is Cc1ccccc1-c1noc(CSc2nnc(-c3ccccc3)n2-c2ccc(F)cc2)n1. The monoisotopic (exact) mass is 443 g/mol. The molecule has 0 amide bonds. The van der Waals surface area contributed by atoms with E-state index in [0.29, 0.717) is 28.4 Å². The molecule has 0 spiro atoms. The summed E-state index contributed by atoms with van der Waals surface area (Å²) in [5.41, 5.74) is 3.70. The lowest BCUT2D eigenvalue weighted by Gasteiger charge is -2.10. The first-order valence-corrected chi connectivity index (χ1v) is 11.0. The fourth-order valence-corrected chi connectivity index (χ4v) is 4.12. The van der Waals surface area contributed by atoms with Gasteiger partial charge in [-0.05, 0) is 36.8 Å². The molecule has 8 heteroatoms. The lowest BCUT2D eigenvalue weighted by Crippen LogP contribution is -2.00. The minimum atomic E-state index is -0.299. The molecule has 32 heavy (non-hydrogen) atoms. The molecule has 0 saturated heterocycles. The maximum absolute atomic E-state index is 13.5. The highest BCUT2D eigenvalue weighted by molar-refractivity contribution is 7.98. The van der Waals surface area contributed by atoms with Crippen molar-refractivity contribution in [3.8, 4) is 28.5 Å². The van der Waals surface area contributed by atoms with Gasteiger partial charge in [0.1, 0.15) is 5.82 Å². The Morgan fingerprint density at radius 1 is 0.906 bits per heavy atom. The first-order chi connectivity index (χ1) is 15.7.